The van der Waals surface area contributed by atoms with E-state index in [0.717, 1.165) is 53.3 Å². The molecule has 0 aliphatic heterocycles. The quantitative estimate of drug-likeness (QED) is 0.589. The van der Waals surface area contributed by atoms with E-state index in [2.05, 4.69) is 22.9 Å². The van der Waals surface area contributed by atoms with Crippen molar-refractivity contribution in [1.29, 1.82) is 0 Å². The maximum atomic E-state index is 12.5. The van der Waals surface area contributed by atoms with E-state index in [1.165, 1.54) is 0 Å². The third-order valence-corrected chi connectivity index (χ3v) is 5.19. The molecule has 2 heterocycles. The molecule has 0 saturated carbocycles. The topological polar surface area (TPSA) is 69.0 Å². The minimum atomic E-state index is -0.475. The largest absolute Gasteiger partial charge is 0.496 e. The van der Waals surface area contributed by atoms with Crippen LogP contribution in [0.2, 0.25) is 0 Å². The number of carbonyl (C=O) groups is 1. The van der Waals surface area contributed by atoms with E-state index in [1.807, 2.05) is 52.0 Å². The lowest BCUT2D eigenvalue weighted by molar-refractivity contribution is -0.123. The molecule has 0 radical (unpaired) electrons. The molecule has 1 aromatic carbocycles. The fourth-order valence-electron chi connectivity index (χ4n) is 3.32. The van der Waals surface area contributed by atoms with Crippen molar-refractivity contribution in [2.24, 2.45) is 5.41 Å². The highest BCUT2D eigenvalue weighted by molar-refractivity contribution is 5.96. The molecule has 0 atom stereocenters. The summed E-state index contributed by atoms with van der Waals surface area (Å²) in [6, 6.07) is 9.97. The summed E-state index contributed by atoms with van der Waals surface area (Å²) in [5.74, 6) is 1.82. The van der Waals surface area contributed by atoms with Gasteiger partial charge in [0.15, 0.2) is 5.65 Å². The molecule has 0 saturated heterocycles. The van der Waals surface area contributed by atoms with E-state index in [1.54, 1.807) is 7.11 Å². The fourth-order valence-corrected chi connectivity index (χ4v) is 3.32. The zero-order valence-corrected chi connectivity index (χ0v) is 18.9. The lowest BCUT2D eigenvalue weighted by atomic mass is 9.95. The Hall–Kier alpha value is -2.89. The zero-order valence-electron chi connectivity index (χ0n) is 18.9. The van der Waals surface area contributed by atoms with Gasteiger partial charge in [-0.15, -0.1) is 0 Å². The lowest BCUT2D eigenvalue weighted by Crippen LogP contribution is -2.28. The number of hydrogen-bond acceptors (Lipinski definition) is 4. The first-order valence-corrected chi connectivity index (χ1v) is 10.5. The number of imidazole rings is 1. The van der Waals surface area contributed by atoms with Gasteiger partial charge in [-0.25, -0.2) is 9.97 Å². The molecule has 0 aliphatic carbocycles. The Morgan fingerprint density at radius 3 is 2.60 bits per heavy atom. The lowest BCUT2D eigenvalue weighted by Gasteiger charge is -2.18. The van der Waals surface area contributed by atoms with Crippen LogP contribution in [0.4, 0.5) is 5.69 Å². The zero-order chi connectivity index (χ0) is 21.9. The molecule has 1 amide bonds. The first kappa shape index (κ1) is 21.8. The highest BCUT2D eigenvalue weighted by atomic mass is 16.5. The number of nitrogens with one attached hydrogen (secondary N) is 1. The summed E-state index contributed by atoms with van der Waals surface area (Å²) in [7, 11) is 1.69. The molecule has 30 heavy (non-hydrogen) atoms. The van der Waals surface area contributed by atoms with Gasteiger partial charge in [-0.1, -0.05) is 52.3 Å². The molecule has 6 heteroatoms. The van der Waals surface area contributed by atoms with Gasteiger partial charge >= 0.3 is 0 Å². The number of ether oxygens (including phenoxy) is 1. The number of aryl methyl sites for hydroxylation is 2. The van der Waals surface area contributed by atoms with Crippen LogP contribution in [-0.4, -0.2) is 27.6 Å². The number of methoxy groups -OCH3 is 1. The number of rotatable bonds is 7. The molecule has 3 aromatic rings. The normalized spacial score (nSPS) is 11.7. The number of anilines is 1. The number of nitrogens with zero attached hydrogens (tertiary/aromatic N) is 3. The third-order valence-electron chi connectivity index (χ3n) is 5.19. The monoisotopic (exact) mass is 408 g/mol. The van der Waals surface area contributed by atoms with Crippen molar-refractivity contribution in [2.45, 2.75) is 60.4 Å². The van der Waals surface area contributed by atoms with Gasteiger partial charge in [-0.2, -0.15) is 0 Å². The minimum absolute atomic E-state index is 0.0357. The Morgan fingerprint density at radius 1 is 1.20 bits per heavy atom. The number of hydrogen-bond donors (Lipinski definition) is 1. The SMILES string of the molecule is CCCCc1nc2cc(NC(=O)C(C)(C)C)c(C)nc2n1Cc1ccccc1OC. The molecule has 0 aliphatic rings. The fraction of sp³-hybridized carbons (Fsp3) is 0.458. The molecule has 6 nitrogen and oxygen atoms in total. The van der Waals surface area contributed by atoms with Gasteiger partial charge in [-0.05, 0) is 25.5 Å². The number of benzene rings is 1. The Morgan fingerprint density at radius 2 is 1.93 bits per heavy atom. The van der Waals surface area contributed by atoms with Crippen molar-refractivity contribution in [3.05, 3.63) is 47.4 Å². The molecule has 160 valence electrons. The first-order chi connectivity index (χ1) is 14.2. The Labute approximate surface area is 178 Å². The number of fused-ring (bicyclic) bond motifs is 1. The van der Waals surface area contributed by atoms with Crippen molar-refractivity contribution in [3.63, 3.8) is 0 Å². The van der Waals surface area contributed by atoms with Crippen LogP contribution in [-0.2, 0) is 17.8 Å². The number of carbonyl (C=O) groups excluding carboxylic acids is 1. The average molecular weight is 409 g/mol. The molecule has 0 bridgehead atoms. The number of amides is 1. The van der Waals surface area contributed by atoms with Crippen LogP contribution in [0.1, 0.15) is 57.6 Å². The van der Waals surface area contributed by atoms with Gasteiger partial charge in [-0.3, -0.25) is 4.79 Å². The highest BCUT2D eigenvalue weighted by Gasteiger charge is 2.23. The number of aromatic nitrogens is 3. The summed E-state index contributed by atoms with van der Waals surface area (Å²) in [6.07, 6.45) is 3.03. The van der Waals surface area contributed by atoms with Crippen molar-refractivity contribution in [3.8, 4) is 5.75 Å². The summed E-state index contributed by atoms with van der Waals surface area (Å²) in [5.41, 5.74) is 3.73. The standard InChI is InChI=1S/C24H32N4O2/c1-7-8-13-21-26-19-14-18(27-23(29)24(3,4)5)16(2)25-22(19)28(21)15-17-11-9-10-12-20(17)30-6/h9-12,14H,7-8,13,15H2,1-6H3,(H,27,29). The Bertz CT molecular complexity index is 1050. The third kappa shape index (κ3) is 4.64. The van der Waals surface area contributed by atoms with Crippen LogP contribution in [0.3, 0.4) is 0 Å². The summed E-state index contributed by atoms with van der Waals surface area (Å²) >= 11 is 0. The summed E-state index contributed by atoms with van der Waals surface area (Å²) < 4.78 is 7.72. The molecule has 0 fully saturated rings. The summed E-state index contributed by atoms with van der Waals surface area (Å²) in [5, 5.41) is 3.01. The predicted octanol–water partition coefficient (Wildman–Crippen LogP) is 5.12. The second-order valence-electron chi connectivity index (χ2n) is 8.70. The Balaban J connectivity index is 2.06. The maximum absolute atomic E-state index is 12.5. The van der Waals surface area contributed by atoms with Crippen molar-refractivity contribution in [2.75, 3.05) is 12.4 Å². The molecular formula is C24H32N4O2. The van der Waals surface area contributed by atoms with E-state index >= 15 is 0 Å². The number of unbranched alkanes of at least 4 members (excludes halogenated alkanes) is 1. The second kappa shape index (κ2) is 8.86. The summed E-state index contributed by atoms with van der Waals surface area (Å²) in [4.78, 5) is 22.2. The van der Waals surface area contributed by atoms with E-state index in [-0.39, 0.29) is 5.91 Å². The number of pyridine rings is 1. The van der Waals surface area contributed by atoms with Gasteiger partial charge in [0, 0.05) is 17.4 Å². The molecule has 2 aromatic heterocycles. The van der Waals surface area contributed by atoms with E-state index < -0.39 is 5.41 Å². The molecule has 0 unspecified atom stereocenters. The average Bonchev–Trinajstić information content (AvgIpc) is 3.02. The maximum Gasteiger partial charge on any atom is 0.229 e. The van der Waals surface area contributed by atoms with Crippen LogP contribution in [0, 0.1) is 12.3 Å². The van der Waals surface area contributed by atoms with Gasteiger partial charge in [0.25, 0.3) is 0 Å². The van der Waals surface area contributed by atoms with E-state index in [9.17, 15) is 4.79 Å². The second-order valence-corrected chi connectivity index (χ2v) is 8.70. The van der Waals surface area contributed by atoms with Gasteiger partial charge < -0.3 is 14.6 Å². The van der Waals surface area contributed by atoms with Crippen LogP contribution in [0.25, 0.3) is 11.2 Å². The van der Waals surface area contributed by atoms with Crippen LogP contribution >= 0.6 is 0 Å². The minimum Gasteiger partial charge on any atom is -0.496 e. The molecule has 1 N–H and O–H groups in total. The highest BCUT2D eigenvalue weighted by Crippen LogP contribution is 2.27. The van der Waals surface area contributed by atoms with Gasteiger partial charge in [0.2, 0.25) is 5.91 Å². The first-order valence-electron chi connectivity index (χ1n) is 10.5. The van der Waals surface area contributed by atoms with Crippen molar-refractivity contribution < 1.29 is 9.53 Å². The molecular weight excluding hydrogens is 376 g/mol. The van der Waals surface area contributed by atoms with Gasteiger partial charge in [0.1, 0.15) is 17.1 Å². The molecule has 3 rings (SSSR count). The van der Waals surface area contributed by atoms with Crippen LogP contribution in [0.15, 0.2) is 30.3 Å². The van der Waals surface area contributed by atoms with Crippen LogP contribution in [0.5, 0.6) is 5.75 Å². The molecule has 0 spiro atoms. The van der Waals surface area contributed by atoms with Crippen LogP contribution < -0.4 is 10.1 Å². The van der Waals surface area contributed by atoms with Crippen molar-refractivity contribution >= 4 is 22.8 Å². The van der Waals surface area contributed by atoms with E-state index in [0.29, 0.717) is 12.2 Å². The van der Waals surface area contributed by atoms with Crippen molar-refractivity contribution in [1.82, 2.24) is 14.5 Å². The summed E-state index contributed by atoms with van der Waals surface area (Å²) in [6.45, 7) is 10.4. The number of para-hydroxylation sites is 1. The van der Waals surface area contributed by atoms with E-state index in [4.69, 9.17) is 14.7 Å². The Kier molecular flexibility index (Phi) is 6.44. The smallest absolute Gasteiger partial charge is 0.229 e. The predicted molar refractivity (Wildman–Crippen MR) is 121 cm³/mol. The van der Waals surface area contributed by atoms with Gasteiger partial charge in [0.05, 0.1) is 25.0 Å².